The second-order valence-corrected chi connectivity index (χ2v) is 8.76. The monoisotopic (exact) mass is 472 g/mol. The highest BCUT2D eigenvalue weighted by Crippen LogP contribution is 2.29. The molecular formula is C24H32N4O4S. The van der Waals surface area contributed by atoms with Gasteiger partial charge in [0.25, 0.3) is 0 Å². The predicted molar refractivity (Wildman–Crippen MR) is 130 cm³/mol. The number of amides is 1. The Morgan fingerprint density at radius 1 is 1.15 bits per heavy atom. The standard InChI is InChI=1S/C24H32N4O4S/c1-4-27(5-2)14-15-28-20-9-7-8-19(20)22(26-24(28)31)33-16-21(29)25-18-12-10-17(11-13-18)23(30)32-6-3/h10-13H,4-9,14-16H2,1-3H3,(H,25,29). The molecule has 0 fully saturated rings. The summed E-state index contributed by atoms with van der Waals surface area (Å²) in [6.07, 6.45) is 2.75. The Balaban J connectivity index is 1.62. The van der Waals surface area contributed by atoms with Gasteiger partial charge in [0, 0.05) is 30.0 Å². The summed E-state index contributed by atoms with van der Waals surface area (Å²) in [6.45, 7) is 9.68. The number of nitrogens with zero attached hydrogens (tertiary/aromatic N) is 3. The molecule has 1 aliphatic rings. The zero-order valence-corrected chi connectivity index (χ0v) is 20.4. The van der Waals surface area contributed by atoms with E-state index in [0.29, 0.717) is 29.4 Å². The predicted octanol–water partition coefficient (Wildman–Crippen LogP) is 2.98. The Morgan fingerprint density at radius 2 is 1.88 bits per heavy atom. The van der Waals surface area contributed by atoms with E-state index in [1.165, 1.54) is 11.8 Å². The Kier molecular flexibility index (Phi) is 9.08. The number of fused-ring (bicyclic) bond motifs is 1. The number of hydrogen-bond donors (Lipinski definition) is 1. The first-order chi connectivity index (χ1) is 16.0. The number of likely N-dealkylation sites (N-methyl/N-ethyl adjacent to an activating group) is 1. The van der Waals surface area contributed by atoms with Crippen molar-refractivity contribution in [3.63, 3.8) is 0 Å². The van der Waals surface area contributed by atoms with Crippen LogP contribution < -0.4 is 11.0 Å². The third-order valence-corrected chi connectivity index (χ3v) is 6.77. The van der Waals surface area contributed by atoms with Gasteiger partial charge in [-0.15, -0.1) is 0 Å². The van der Waals surface area contributed by atoms with Gasteiger partial charge in [-0.1, -0.05) is 25.6 Å². The number of anilines is 1. The number of hydrogen-bond acceptors (Lipinski definition) is 7. The Hall–Kier alpha value is -2.65. The first-order valence-corrected chi connectivity index (χ1v) is 12.5. The number of esters is 1. The van der Waals surface area contributed by atoms with E-state index in [1.807, 2.05) is 4.57 Å². The topological polar surface area (TPSA) is 93.5 Å². The summed E-state index contributed by atoms with van der Waals surface area (Å²) >= 11 is 1.30. The maximum Gasteiger partial charge on any atom is 0.348 e. The first kappa shape index (κ1) is 25.0. The molecule has 2 aromatic rings. The van der Waals surface area contributed by atoms with Crippen molar-refractivity contribution in [3.8, 4) is 0 Å². The molecule has 0 aliphatic heterocycles. The molecule has 0 unspecified atom stereocenters. The van der Waals surface area contributed by atoms with Gasteiger partial charge in [-0.25, -0.2) is 9.59 Å². The average molecular weight is 473 g/mol. The number of aromatic nitrogens is 2. The van der Waals surface area contributed by atoms with Crippen molar-refractivity contribution < 1.29 is 14.3 Å². The highest BCUT2D eigenvalue weighted by Gasteiger charge is 2.22. The molecule has 3 rings (SSSR count). The fourth-order valence-electron chi connectivity index (χ4n) is 3.95. The molecular weight excluding hydrogens is 440 g/mol. The second kappa shape index (κ2) is 12.0. The van der Waals surface area contributed by atoms with Gasteiger partial charge < -0.3 is 15.0 Å². The van der Waals surface area contributed by atoms with E-state index in [0.717, 1.165) is 50.2 Å². The highest BCUT2D eigenvalue weighted by molar-refractivity contribution is 8.00. The second-order valence-electron chi connectivity index (χ2n) is 7.79. The molecule has 0 bridgehead atoms. The third kappa shape index (κ3) is 6.45. The summed E-state index contributed by atoms with van der Waals surface area (Å²) in [4.78, 5) is 43.6. The van der Waals surface area contributed by atoms with Crippen LogP contribution in [0.3, 0.4) is 0 Å². The number of ether oxygens (including phenoxy) is 1. The van der Waals surface area contributed by atoms with Crippen LogP contribution in [0.15, 0.2) is 34.1 Å². The minimum atomic E-state index is -0.391. The minimum absolute atomic E-state index is 0.155. The largest absolute Gasteiger partial charge is 0.462 e. The SMILES string of the molecule is CCOC(=O)c1ccc(NC(=O)CSc2nc(=O)n(CCN(CC)CC)c3c2CCC3)cc1. The molecule has 8 nitrogen and oxygen atoms in total. The normalized spacial score (nSPS) is 12.6. The minimum Gasteiger partial charge on any atom is -0.462 e. The van der Waals surface area contributed by atoms with E-state index in [-0.39, 0.29) is 17.3 Å². The first-order valence-electron chi connectivity index (χ1n) is 11.5. The van der Waals surface area contributed by atoms with Crippen LogP contribution >= 0.6 is 11.8 Å². The van der Waals surface area contributed by atoms with Gasteiger partial charge in [0.15, 0.2) is 0 Å². The zero-order valence-electron chi connectivity index (χ0n) is 19.6. The molecule has 33 heavy (non-hydrogen) atoms. The molecule has 1 aromatic heterocycles. The zero-order chi connectivity index (χ0) is 23.8. The van der Waals surface area contributed by atoms with Crippen LogP contribution in [0.1, 0.15) is 48.8 Å². The van der Waals surface area contributed by atoms with Crippen molar-refractivity contribution in [2.45, 2.75) is 51.6 Å². The van der Waals surface area contributed by atoms with E-state index >= 15 is 0 Å². The number of carbonyl (C=O) groups is 2. The third-order valence-electron chi connectivity index (χ3n) is 5.75. The summed E-state index contributed by atoms with van der Waals surface area (Å²) in [6, 6.07) is 6.57. The van der Waals surface area contributed by atoms with Crippen molar-refractivity contribution >= 4 is 29.3 Å². The summed E-state index contributed by atoms with van der Waals surface area (Å²) < 4.78 is 6.78. The lowest BCUT2D eigenvalue weighted by atomic mass is 10.2. The van der Waals surface area contributed by atoms with Crippen LogP contribution in [-0.4, -0.2) is 58.3 Å². The fraction of sp³-hybridized carbons (Fsp3) is 0.500. The van der Waals surface area contributed by atoms with Gasteiger partial charge in [0.2, 0.25) is 5.91 Å². The molecule has 1 amide bonds. The number of rotatable bonds is 11. The van der Waals surface area contributed by atoms with E-state index in [4.69, 9.17) is 4.74 Å². The molecule has 1 aromatic carbocycles. The van der Waals surface area contributed by atoms with Crippen LogP contribution in [0.2, 0.25) is 0 Å². The average Bonchev–Trinajstić information content (AvgIpc) is 3.30. The Morgan fingerprint density at radius 3 is 2.55 bits per heavy atom. The van der Waals surface area contributed by atoms with E-state index < -0.39 is 5.97 Å². The van der Waals surface area contributed by atoms with Gasteiger partial charge in [-0.3, -0.25) is 9.36 Å². The van der Waals surface area contributed by atoms with Gasteiger partial charge in [-0.2, -0.15) is 4.98 Å². The maximum atomic E-state index is 12.7. The number of carbonyl (C=O) groups excluding carboxylic acids is 2. The summed E-state index contributed by atoms with van der Waals surface area (Å²) in [5.41, 5.74) is 2.97. The molecule has 1 N–H and O–H groups in total. The molecule has 0 atom stereocenters. The smallest absolute Gasteiger partial charge is 0.348 e. The van der Waals surface area contributed by atoms with E-state index in [2.05, 4.69) is 29.0 Å². The van der Waals surface area contributed by atoms with Crippen LogP contribution in [-0.2, 0) is 28.9 Å². The Bertz CT molecular complexity index is 1030. The summed E-state index contributed by atoms with van der Waals surface area (Å²) in [5.74, 6) is -0.428. The molecule has 0 radical (unpaired) electrons. The fourth-order valence-corrected chi connectivity index (χ4v) is 4.83. The van der Waals surface area contributed by atoms with Gasteiger partial charge >= 0.3 is 11.7 Å². The molecule has 9 heteroatoms. The number of nitrogens with one attached hydrogen (secondary N) is 1. The molecule has 1 aliphatic carbocycles. The lowest BCUT2D eigenvalue weighted by molar-refractivity contribution is -0.113. The van der Waals surface area contributed by atoms with Gasteiger partial charge in [-0.05, 0) is 63.5 Å². The molecule has 0 saturated carbocycles. The van der Waals surface area contributed by atoms with Crippen molar-refractivity contribution in [1.29, 1.82) is 0 Å². The number of benzene rings is 1. The molecule has 178 valence electrons. The van der Waals surface area contributed by atoms with Crippen LogP contribution in [0.5, 0.6) is 0 Å². The van der Waals surface area contributed by atoms with Crippen LogP contribution in [0, 0.1) is 0 Å². The number of thioether (sulfide) groups is 1. The van der Waals surface area contributed by atoms with E-state index in [9.17, 15) is 14.4 Å². The van der Waals surface area contributed by atoms with Crippen molar-refractivity contribution in [3.05, 3.63) is 51.6 Å². The van der Waals surface area contributed by atoms with Crippen molar-refractivity contribution in [2.24, 2.45) is 0 Å². The summed E-state index contributed by atoms with van der Waals surface area (Å²) in [7, 11) is 0. The maximum absolute atomic E-state index is 12.7. The quantitative estimate of drug-likeness (QED) is 0.305. The lowest BCUT2D eigenvalue weighted by Gasteiger charge is -2.20. The molecule has 0 spiro atoms. The van der Waals surface area contributed by atoms with E-state index in [1.54, 1.807) is 31.2 Å². The van der Waals surface area contributed by atoms with Crippen LogP contribution in [0.4, 0.5) is 5.69 Å². The van der Waals surface area contributed by atoms with Gasteiger partial charge in [0.05, 0.1) is 17.9 Å². The van der Waals surface area contributed by atoms with Crippen molar-refractivity contribution in [2.75, 3.05) is 37.3 Å². The molecule has 0 saturated heterocycles. The lowest BCUT2D eigenvalue weighted by Crippen LogP contribution is -2.34. The summed E-state index contributed by atoms with van der Waals surface area (Å²) in [5, 5.41) is 3.49. The highest BCUT2D eigenvalue weighted by atomic mass is 32.2. The Labute approximate surface area is 198 Å². The molecule has 1 heterocycles. The van der Waals surface area contributed by atoms with Gasteiger partial charge in [0.1, 0.15) is 5.03 Å². The van der Waals surface area contributed by atoms with Crippen molar-refractivity contribution in [1.82, 2.24) is 14.5 Å². The van der Waals surface area contributed by atoms with Crippen LogP contribution in [0.25, 0.3) is 0 Å².